The Labute approximate surface area is 150 Å². The van der Waals surface area contributed by atoms with Crippen LogP contribution in [-0.4, -0.2) is 56.7 Å². The van der Waals surface area contributed by atoms with E-state index in [4.69, 9.17) is 4.74 Å². The first-order valence-electron chi connectivity index (χ1n) is 8.66. The fourth-order valence-electron chi connectivity index (χ4n) is 3.29. The third kappa shape index (κ3) is 4.10. The van der Waals surface area contributed by atoms with E-state index in [2.05, 4.69) is 14.5 Å². The predicted octanol–water partition coefficient (Wildman–Crippen LogP) is -0.214. The average Bonchev–Trinajstić information content (AvgIpc) is 3.11. The standard InChI is InChI=1S/C17H23N5O4/c1-26-10-9-20-8-5-18-16(20)13-3-2-6-21(11-13)15(24)12-22-7-4-14(23)19-17(22)25/h4-5,7-8,13H,2-3,6,9-12H2,1H3,(H,19,23,25)/t13-/m0/s1. The van der Waals surface area contributed by atoms with Gasteiger partial charge in [0.05, 0.1) is 6.61 Å². The molecule has 0 aromatic carbocycles. The molecule has 0 bridgehead atoms. The number of rotatable bonds is 6. The van der Waals surface area contributed by atoms with Gasteiger partial charge in [-0.25, -0.2) is 9.78 Å². The second-order valence-corrected chi connectivity index (χ2v) is 6.39. The Kier molecular flexibility index (Phi) is 5.67. The third-order valence-electron chi connectivity index (χ3n) is 4.63. The summed E-state index contributed by atoms with van der Waals surface area (Å²) < 4.78 is 8.41. The first-order valence-corrected chi connectivity index (χ1v) is 8.66. The van der Waals surface area contributed by atoms with Crippen molar-refractivity contribution < 1.29 is 9.53 Å². The van der Waals surface area contributed by atoms with Crippen LogP contribution in [0.3, 0.4) is 0 Å². The average molecular weight is 361 g/mol. The van der Waals surface area contributed by atoms with E-state index in [0.717, 1.165) is 25.2 Å². The summed E-state index contributed by atoms with van der Waals surface area (Å²) in [7, 11) is 1.66. The van der Waals surface area contributed by atoms with Crippen LogP contribution in [-0.2, 0) is 22.6 Å². The quantitative estimate of drug-likeness (QED) is 0.767. The van der Waals surface area contributed by atoms with Crippen molar-refractivity contribution in [2.75, 3.05) is 26.8 Å². The summed E-state index contributed by atoms with van der Waals surface area (Å²) in [6, 6.07) is 1.24. The molecule has 1 atom stereocenters. The summed E-state index contributed by atoms with van der Waals surface area (Å²) in [6.45, 7) is 2.48. The van der Waals surface area contributed by atoms with Crippen LogP contribution in [0, 0.1) is 0 Å². The molecule has 1 N–H and O–H groups in total. The van der Waals surface area contributed by atoms with Gasteiger partial charge in [0.25, 0.3) is 5.56 Å². The number of hydrogen-bond donors (Lipinski definition) is 1. The number of methoxy groups -OCH3 is 1. The van der Waals surface area contributed by atoms with Gasteiger partial charge in [-0.2, -0.15) is 0 Å². The lowest BCUT2D eigenvalue weighted by molar-refractivity contribution is -0.133. The molecule has 0 spiro atoms. The minimum Gasteiger partial charge on any atom is -0.383 e. The Morgan fingerprint density at radius 1 is 1.35 bits per heavy atom. The van der Waals surface area contributed by atoms with E-state index < -0.39 is 11.2 Å². The monoisotopic (exact) mass is 361 g/mol. The van der Waals surface area contributed by atoms with E-state index in [0.29, 0.717) is 19.7 Å². The van der Waals surface area contributed by atoms with Crippen LogP contribution >= 0.6 is 0 Å². The van der Waals surface area contributed by atoms with E-state index in [9.17, 15) is 14.4 Å². The van der Waals surface area contributed by atoms with Gasteiger partial charge in [-0.1, -0.05) is 0 Å². The van der Waals surface area contributed by atoms with Crippen LogP contribution in [0.2, 0.25) is 0 Å². The van der Waals surface area contributed by atoms with Crippen molar-refractivity contribution in [3.05, 3.63) is 51.3 Å². The summed E-state index contributed by atoms with van der Waals surface area (Å²) in [5.41, 5.74) is -1.05. The zero-order valence-corrected chi connectivity index (χ0v) is 14.8. The molecule has 1 saturated heterocycles. The number of hydrogen-bond acceptors (Lipinski definition) is 5. The van der Waals surface area contributed by atoms with Crippen LogP contribution < -0.4 is 11.2 Å². The SMILES string of the molecule is COCCn1ccnc1[C@H]1CCCN(C(=O)Cn2ccc(=O)[nH]c2=O)C1. The summed E-state index contributed by atoms with van der Waals surface area (Å²) in [4.78, 5) is 43.9. The molecule has 1 aliphatic rings. The molecule has 0 aliphatic carbocycles. The van der Waals surface area contributed by atoms with E-state index in [-0.39, 0.29) is 18.4 Å². The fourth-order valence-corrected chi connectivity index (χ4v) is 3.29. The highest BCUT2D eigenvalue weighted by molar-refractivity contribution is 5.76. The van der Waals surface area contributed by atoms with E-state index in [1.807, 2.05) is 6.20 Å². The Morgan fingerprint density at radius 2 is 2.19 bits per heavy atom. The number of imidazole rings is 1. The predicted molar refractivity (Wildman–Crippen MR) is 94.0 cm³/mol. The van der Waals surface area contributed by atoms with E-state index in [1.54, 1.807) is 18.2 Å². The maximum Gasteiger partial charge on any atom is 0.328 e. The first-order chi connectivity index (χ1) is 12.6. The van der Waals surface area contributed by atoms with Crippen molar-refractivity contribution in [3.63, 3.8) is 0 Å². The normalized spacial score (nSPS) is 17.4. The van der Waals surface area contributed by atoms with Crippen LogP contribution in [0.25, 0.3) is 0 Å². The van der Waals surface area contributed by atoms with Crippen LogP contribution in [0.4, 0.5) is 0 Å². The van der Waals surface area contributed by atoms with Crippen molar-refractivity contribution in [1.82, 2.24) is 24.0 Å². The Bertz CT molecular complexity index is 868. The maximum absolute atomic E-state index is 12.6. The smallest absolute Gasteiger partial charge is 0.328 e. The van der Waals surface area contributed by atoms with E-state index >= 15 is 0 Å². The number of aromatic amines is 1. The number of nitrogens with zero attached hydrogens (tertiary/aromatic N) is 4. The molecule has 2 aromatic rings. The molecule has 26 heavy (non-hydrogen) atoms. The minimum absolute atomic E-state index is 0.0829. The summed E-state index contributed by atoms with van der Waals surface area (Å²) in [6.07, 6.45) is 6.89. The number of aromatic nitrogens is 4. The Balaban J connectivity index is 1.68. The molecule has 0 radical (unpaired) electrons. The Hall–Kier alpha value is -2.68. The van der Waals surface area contributed by atoms with Crippen LogP contribution in [0.1, 0.15) is 24.6 Å². The molecule has 3 rings (SSSR count). The molecule has 1 aliphatic heterocycles. The molecule has 9 heteroatoms. The molecule has 140 valence electrons. The molecular weight excluding hydrogens is 338 g/mol. The van der Waals surface area contributed by atoms with Gasteiger partial charge in [-0.15, -0.1) is 0 Å². The molecular formula is C17H23N5O4. The number of carbonyl (C=O) groups is 1. The Morgan fingerprint density at radius 3 is 2.96 bits per heavy atom. The molecule has 2 aromatic heterocycles. The third-order valence-corrected chi connectivity index (χ3v) is 4.63. The van der Waals surface area contributed by atoms with Crippen molar-refractivity contribution in [1.29, 1.82) is 0 Å². The summed E-state index contributed by atoms with van der Waals surface area (Å²) in [5, 5.41) is 0. The lowest BCUT2D eigenvalue weighted by atomic mass is 9.97. The zero-order chi connectivity index (χ0) is 18.5. The number of ether oxygens (including phenoxy) is 1. The number of carbonyl (C=O) groups excluding carboxylic acids is 1. The molecule has 1 fully saturated rings. The van der Waals surface area contributed by atoms with Gasteiger partial charge >= 0.3 is 5.69 Å². The number of H-pyrrole nitrogens is 1. The van der Waals surface area contributed by atoms with Gasteiger partial charge in [-0.05, 0) is 12.8 Å². The van der Waals surface area contributed by atoms with Gasteiger partial charge in [0.2, 0.25) is 5.91 Å². The van der Waals surface area contributed by atoms with Crippen molar-refractivity contribution in [2.45, 2.75) is 31.8 Å². The number of amides is 1. The molecule has 0 saturated carbocycles. The van der Waals surface area contributed by atoms with E-state index in [1.165, 1.54) is 16.8 Å². The largest absolute Gasteiger partial charge is 0.383 e. The fraction of sp³-hybridized carbons (Fsp3) is 0.529. The first kappa shape index (κ1) is 18.1. The topological polar surface area (TPSA) is 102 Å². The molecule has 1 amide bonds. The van der Waals surface area contributed by atoms with Crippen LogP contribution in [0.5, 0.6) is 0 Å². The second-order valence-electron chi connectivity index (χ2n) is 6.39. The maximum atomic E-state index is 12.6. The lowest BCUT2D eigenvalue weighted by Gasteiger charge is -2.32. The van der Waals surface area contributed by atoms with Gasteiger partial charge < -0.3 is 14.2 Å². The molecule has 3 heterocycles. The van der Waals surface area contributed by atoms with Crippen molar-refractivity contribution in [3.8, 4) is 0 Å². The van der Waals surface area contributed by atoms with Gasteiger partial charge in [0, 0.05) is 57.3 Å². The van der Waals surface area contributed by atoms with Crippen molar-refractivity contribution >= 4 is 5.91 Å². The molecule has 0 unspecified atom stereocenters. The minimum atomic E-state index is -0.575. The number of piperidine rings is 1. The highest BCUT2D eigenvalue weighted by Crippen LogP contribution is 2.26. The van der Waals surface area contributed by atoms with Gasteiger partial charge in [-0.3, -0.25) is 19.1 Å². The van der Waals surface area contributed by atoms with Crippen LogP contribution in [0.15, 0.2) is 34.2 Å². The second kappa shape index (κ2) is 8.13. The lowest BCUT2D eigenvalue weighted by Crippen LogP contribution is -2.43. The highest BCUT2D eigenvalue weighted by atomic mass is 16.5. The number of likely N-dealkylation sites (tertiary alicyclic amines) is 1. The number of nitrogens with one attached hydrogen (secondary N) is 1. The zero-order valence-electron chi connectivity index (χ0n) is 14.8. The molecule has 9 nitrogen and oxygen atoms in total. The summed E-state index contributed by atoms with van der Waals surface area (Å²) >= 11 is 0. The van der Waals surface area contributed by atoms with Gasteiger partial charge in [0.15, 0.2) is 0 Å². The highest BCUT2D eigenvalue weighted by Gasteiger charge is 2.27. The summed E-state index contributed by atoms with van der Waals surface area (Å²) in [5.74, 6) is 0.978. The van der Waals surface area contributed by atoms with Gasteiger partial charge in [0.1, 0.15) is 12.4 Å². The van der Waals surface area contributed by atoms with Crippen molar-refractivity contribution in [2.24, 2.45) is 0 Å².